The quantitative estimate of drug-likeness (QED) is 0.197. The summed E-state index contributed by atoms with van der Waals surface area (Å²) in [7, 11) is -6.71. The Kier molecular flexibility index (Phi) is 15.7. The molecule has 0 aliphatic heterocycles. The van der Waals surface area contributed by atoms with Crippen LogP contribution in [0.5, 0.6) is 0 Å². The lowest BCUT2D eigenvalue weighted by molar-refractivity contribution is -0.154. The standard InChI is InChI=1S/2C10H18O4S.C9H15NO3S/c2*1-14-9(11)10(8-15(2,12)13)6-4-3-5-7-10;1-14(12,13)7-9(10-8-11)5-3-2-4-6-9/h2*3-8H2,1-2H3;2-7H2,1H3. The molecule has 12 nitrogen and oxygen atoms in total. The number of carbonyl (C=O) groups is 2. The van der Waals surface area contributed by atoms with E-state index in [9.17, 15) is 39.6 Å². The van der Waals surface area contributed by atoms with E-state index in [-0.39, 0.29) is 29.2 Å². The van der Waals surface area contributed by atoms with Crippen molar-refractivity contribution >= 4 is 47.5 Å². The molecule has 3 rings (SSSR count). The van der Waals surface area contributed by atoms with Crippen molar-refractivity contribution in [1.29, 1.82) is 0 Å². The van der Waals surface area contributed by atoms with E-state index in [1.807, 2.05) is 0 Å². The third-order valence-corrected chi connectivity index (χ3v) is 11.7. The topological polar surface area (TPSA) is 184 Å². The van der Waals surface area contributed by atoms with Gasteiger partial charge in [0.2, 0.25) is 6.08 Å². The number of rotatable bonds is 9. The second kappa shape index (κ2) is 17.2. The van der Waals surface area contributed by atoms with Gasteiger partial charge in [0, 0.05) is 18.8 Å². The van der Waals surface area contributed by atoms with Gasteiger partial charge < -0.3 is 9.47 Å². The molecule has 0 amide bonds. The van der Waals surface area contributed by atoms with Crippen molar-refractivity contribution in [2.45, 2.75) is 102 Å². The van der Waals surface area contributed by atoms with Gasteiger partial charge in [-0.05, 0) is 38.5 Å². The molecule has 0 N–H and O–H groups in total. The van der Waals surface area contributed by atoms with Crippen LogP contribution in [0.3, 0.4) is 0 Å². The maximum absolute atomic E-state index is 11.7. The second-order valence-corrected chi connectivity index (χ2v) is 19.3. The summed E-state index contributed by atoms with van der Waals surface area (Å²) in [6.07, 6.45) is 17.7. The highest BCUT2D eigenvalue weighted by atomic mass is 32.2. The Balaban J connectivity index is 0.000000330. The van der Waals surface area contributed by atoms with Crippen LogP contribution in [0.15, 0.2) is 4.99 Å². The fraction of sp³-hybridized carbons (Fsp3) is 0.897. The SMILES string of the molecule is COC(=O)C1(CS(C)(=O)=O)CCCCC1.COC(=O)C1(CS(C)(=O)=O)CCCCC1.CS(=O)(=O)CC1(N=C=O)CCCCC1. The number of nitrogens with zero attached hydrogens (tertiary/aromatic N) is 1. The van der Waals surface area contributed by atoms with Gasteiger partial charge >= 0.3 is 11.9 Å². The molecular weight excluding hydrogens is 635 g/mol. The van der Waals surface area contributed by atoms with Crippen molar-refractivity contribution < 1.29 is 49.1 Å². The molecule has 0 radical (unpaired) electrons. The molecule has 0 aromatic rings. The van der Waals surface area contributed by atoms with Gasteiger partial charge in [0.15, 0.2) is 0 Å². The lowest BCUT2D eigenvalue weighted by Crippen LogP contribution is -2.40. The Bertz CT molecular complexity index is 1250. The number of hydrogen-bond acceptors (Lipinski definition) is 12. The number of isocyanates is 1. The minimum Gasteiger partial charge on any atom is -0.469 e. The molecule has 0 atom stereocenters. The van der Waals surface area contributed by atoms with Gasteiger partial charge in [-0.2, -0.15) is 4.99 Å². The third-order valence-electron chi connectivity index (χ3n) is 8.53. The number of sulfone groups is 3. The molecule has 3 fully saturated rings. The first-order valence-electron chi connectivity index (χ1n) is 15.1. The molecular formula is C29H51NO11S3. The van der Waals surface area contributed by atoms with E-state index in [0.717, 1.165) is 57.8 Å². The van der Waals surface area contributed by atoms with E-state index in [0.29, 0.717) is 38.5 Å². The maximum atomic E-state index is 11.7. The fourth-order valence-electron chi connectivity index (χ4n) is 6.79. The molecule has 15 heteroatoms. The lowest BCUT2D eigenvalue weighted by Gasteiger charge is -2.33. The predicted molar refractivity (Wildman–Crippen MR) is 168 cm³/mol. The summed E-state index contributed by atoms with van der Waals surface area (Å²) in [5.74, 6) is -0.908. The van der Waals surface area contributed by atoms with Crippen molar-refractivity contribution in [2.24, 2.45) is 15.8 Å². The first-order chi connectivity index (χ1) is 20.3. The van der Waals surface area contributed by atoms with Gasteiger partial charge in [-0.3, -0.25) is 9.59 Å². The Hall–Kier alpha value is -1.83. The first kappa shape index (κ1) is 40.2. The average molecular weight is 686 g/mol. The molecule has 256 valence electrons. The summed E-state index contributed by atoms with van der Waals surface area (Å²) < 4.78 is 77.1. The molecule has 44 heavy (non-hydrogen) atoms. The number of hydrogen-bond donors (Lipinski definition) is 0. The van der Waals surface area contributed by atoms with E-state index >= 15 is 0 Å². The van der Waals surface area contributed by atoms with Gasteiger partial charge in [-0.15, -0.1) is 0 Å². The number of ether oxygens (including phenoxy) is 2. The minimum atomic E-state index is -3.14. The van der Waals surface area contributed by atoms with Crippen LogP contribution in [-0.2, 0) is 53.4 Å². The Morgan fingerprint density at radius 3 is 1.11 bits per heavy atom. The van der Waals surface area contributed by atoms with Crippen LogP contribution in [0.25, 0.3) is 0 Å². The second-order valence-electron chi connectivity index (χ2n) is 12.9. The van der Waals surface area contributed by atoms with Gasteiger partial charge in [0.25, 0.3) is 0 Å². The van der Waals surface area contributed by atoms with Crippen molar-refractivity contribution in [1.82, 2.24) is 0 Å². The van der Waals surface area contributed by atoms with E-state index in [1.165, 1.54) is 39.1 Å². The van der Waals surface area contributed by atoms with E-state index < -0.39 is 45.9 Å². The fourth-order valence-corrected chi connectivity index (χ4v) is 10.9. The van der Waals surface area contributed by atoms with Gasteiger partial charge in [-0.25, -0.2) is 30.0 Å². The highest BCUT2D eigenvalue weighted by Gasteiger charge is 2.44. The smallest absolute Gasteiger partial charge is 0.312 e. The molecule has 0 spiro atoms. The number of aliphatic imine (C=N–C) groups is 1. The summed E-state index contributed by atoms with van der Waals surface area (Å²) in [4.78, 5) is 37.4. The molecule has 3 saturated carbocycles. The normalized spacial score (nSPS) is 21.0. The first-order valence-corrected chi connectivity index (χ1v) is 21.2. The van der Waals surface area contributed by atoms with E-state index in [1.54, 1.807) is 0 Å². The highest BCUT2D eigenvalue weighted by Crippen LogP contribution is 2.39. The number of carbonyl (C=O) groups excluding carboxylic acids is 3. The molecule has 0 bridgehead atoms. The van der Waals surface area contributed by atoms with E-state index in [4.69, 9.17) is 9.47 Å². The summed E-state index contributed by atoms with van der Waals surface area (Å²) in [6, 6.07) is 0. The zero-order chi connectivity index (χ0) is 33.7. The summed E-state index contributed by atoms with van der Waals surface area (Å²) >= 11 is 0. The van der Waals surface area contributed by atoms with Crippen molar-refractivity contribution in [3.63, 3.8) is 0 Å². The minimum absolute atomic E-state index is 0.0186. The molecule has 3 aliphatic carbocycles. The van der Waals surface area contributed by atoms with Gasteiger partial charge in [0.05, 0.1) is 47.8 Å². The summed E-state index contributed by atoms with van der Waals surface area (Å²) in [5, 5.41) is 0. The summed E-state index contributed by atoms with van der Waals surface area (Å²) in [6.45, 7) is 0. The van der Waals surface area contributed by atoms with Crippen LogP contribution in [0, 0.1) is 10.8 Å². The number of methoxy groups -OCH3 is 2. The largest absolute Gasteiger partial charge is 0.469 e. The van der Waals surface area contributed by atoms with Gasteiger partial charge in [-0.1, -0.05) is 57.8 Å². The zero-order valence-electron chi connectivity index (χ0n) is 26.9. The Morgan fingerprint density at radius 1 is 0.568 bits per heavy atom. The molecule has 0 aromatic carbocycles. The van der Waals surface area contributed by atoms with E-state index in [2.05, 4.69) is 4.99 Å². The van der Waals surface area contributed by atoms with Crippen LogP contribution >= 0.6 is 0 Å². The Morgan fingerprint density at radius 2 is 0.864 bits per heavy atom. The average Bonchev–Trinajstić information content (AvgIpc) is 2.91. The Labute approximate surface area is 263 Å². The van der Waals surface area contributed by atoms with Crippen LogP contribution in [0.4, 0.5) is 0 Å². The van der Waals surface area contributed by atoms with Crippen molar-refractivity contribution in [2.75, 3.05) is 50.2 Å². The van der Waals surface area contributed by atoms with Crippen molar-refractivity contribution in [3.05, 3.63) is 0 Å². The van der Waals surface area contributed by atoms with Crippen LogP contribution in [-0.4, -0.2) is 99.1 Å². The van der Waals surface area contributed by atoms with Crippen LogP contribution < -0.4 is 0 Å². The maximum Gasteiger partial charge on any atom is 0.312 e. The predicted octanol–water partition coefficient (Wildman–Crippen LogP) is 3.38. The zero-order valence-corrected chi connectivity index (χ0v) is 29.3. The molecule has 0 saturated heterocycles. The lowest BCUT2D eigenvalue weighted by atomic mass is 9.75. The van der Waals surface area contributed by atoms with Crippen LogP contribution in [0.2, 0.25) is 0 Å². The van der Waals surface area contributed by atoms with Crippen LogP contribution in [0.1, 0.15) is 96.3 Å². The molecule has 3 aliphatic rings. The monoisotopic (exact) mass is 685 g/mol. The molecule has 0 unspecified atom stereocenters. The highest BCUT2D eigenvalue weighted by molar-refractivity contribution is 7.91. The summed E-state index contributed by atoms with van der Waals surface area (Å²) in [5.41, 5.74) is -2.23. The van der Waals surface area contributed by atoms with Crippen molar-refractivity contribution in [3.8, 4) is 0 Å². The molecule has 0 aromatic heterocycles. The third kappa shape index (κ3) is 14.1. The number of esters is 2. The van der Waals surface area contributed by atoms with Gasteiger partial charge in [0.1, 0.15) is 29.5 Å². The molecule has 0 heterocycles.